The number of aromatic hydroxyl groups is 1. The van der Waals surface area contributed by atoms with Crippen molar-refractivity contribution in [3.8, 4) is 5.75 Å². The van der Waals surface area contributed by atoms with Crippen molar-refractivity contribution >= 4 is 11.7 Å². The standard InChI is InChI=1S/C15H15NO3/c1-10(11-5-3-2-4-6-11)19-15(18)12-7-8-13(16)14(17)9-12/h2-10,17H,16H2,1H3. The van der Waals surface area contributed by atoms with Crippen LogP contribution >= 0.6 is 0 Å². The Morgan fingerprint density at radius 3 is 2.53 bits per heavy atom. The monoisotopic (exact) mass is 257 g/mol. The van der Waals surface area contributed by atoms with Gasteiger partial charge in [0.15, 0.2) is 0 Å². The lowest BCUT2D eigenvalue weighted by atomic mass is 10.1. The average Bonchev–Trinajstić information content (AvgIpc) is 2.42. The minimum absolute atomic E-state index is 0.123. The Balaban J connectivity index is 2.11. The number of anilines is 1. The van der Waals surface area contributed by atoms with Crippen LogP contribution in [0.1, 0.15) is 28.9 Å². The van der Waals surface area contributed by atoms with Gasteiger partial charge in [-0.25, -0.2) is 4.79 Å². The van der Waals surface area contributed by atoms with Crippen molar-refractivity contribution in [2.45, 2.75) is 13.0 Å². The van der Waals surface area contributed by atoms with Crippen LogP contribution < -0.4 is 5.73 Å². The van der Waals surface area contributed by atoms with Crippen molar-refractivity contribution in [1.82, 2.24) is 0 Å². The van der Waals surface area contributed by atoms with Crippen LogP contribution in [0.5, 0.6) is 5.75 Å². The van der Waals surface area contributed by atoms with Crippen LogP contribution in [0, 0.1) is 0 Å². The van der Waals surface area contributed by atoms with E-state index in [1.54, 1.807) is 6.92 Å². The molecular formula is C15H15NO3. The molecule has 0 amide bonds. The Labute approximate surface area is 111 Å². The van der Waals surface area contributed by atoms with Gasteiger partial charge in [0.05, 0.1) is 11.3 Å². The van der Waals surface area contributed by atoms with Gasteiger partial charge in [0.1, 0.15) is 11.9 Å². The Kier molecular flexibility index (Phi) is 3.71. The van der Waals surface area contributed by atoms with Crippen molar-refractivity contribution in [1.29, 1.82) is 0 Å². The van der Waals surface area contributed by atoms with E-state index in [0.29, 0.717) is 0 Å². The molecule has 19 heavy (non-hydrogen) atoms. The lowest BCUT2D eigenvalue weighted by molar-refractivity contribution is 0.0337. The van der Waals surface area contributed by atoms with Gasteiger partial charge in [0.25, 0.3) is 0 Å². The van der Waals surface area contributed by atoms with E-state index >= 15 is 0 Å². The number of hydrogen-bond acceptors (Lipinski definition) is 4. The summed E-state index contributed by atoms with van der Waals surface area (Å²) in [6.45, 7) is 1.80. The Morgan fingerprint density at radius 1 is 1.21 bits per heavy atom. The highest BCUT2D eigenvalue weighted by Gasteiger charge is 2.14. The second-order valence-corrected chi connectivity index (χ2v) is 4.23. The second kappa shape index (κ2) is 5.44. The zero-order valence-corrected chi connectivity index (χ0v) is 10.5. The molecule has 98 valence electrons. The van der Waals surface area contributed by atoms with E-state index in [2.05, 4.69) is 0 Å². The van der Waals surface area contributed by atoms with Gasteiger partial charge in [-0.1, -0.05) is 30.3 Å². The fourth-order valence-electron chi connectivity index (χ4n) is 1.69. The number of phenolic OH excluding ortho intramolecular Hbond substituents is 1. The Bertz CT molecular complexity index is 581. The molecular weight excluding hydrogens is 242 g/mol. The van der Waals surface area contributed by atoms with E-state index in [1.165, 1.54) is 18.2 Å². The van der Waals surface area contributed by atoms with Crippen molar-refractivity contribution in [2.75, 3.05) is 5.73 Å². The zero-order chi connectivity index (χ0) is 13.8. The molecule has 2 rings (SSSR count). The normalized spacial score (nSPS) is 11.8. The highest BCUT2D eigenvalue weighted by Crippen LogP contribution is 2.23. The van der Waals surface area contributed by atoms with Crippen LogP contribution in [-0.2, 0) is 4.74 Å². The first-order chi connectivity index (χ1) is 9.08. The first kappa shape index (κ1) is 13.0. The summed E-state index contributed by atoms with van der Waals surface area (Å²) in [5.41, 5.74) is 6.89. The lowest BCUT2D eigenvalue weighted by Crippen LogP contribution is -2.09. The fraction of sp³-hybridized carbons (Fsp3) is 0.133. The zero-order valence-electron chi connectivity index (χ0n) is 10.5. The first-order valence-electron chi connectivity index (χ1n) is 5.92. The van der Waals surface area contributed by atoms with Gasteiger partial charge >= 0.3 is 5.97 Å². The van der Waals surface area contributed by atoms with Crippen LogP contribution in [0.2, 0.25) is 0 Å². The van der Waals surface area contributed by atoms with E-state index in [4.69, 9.17) is 10.5 Å². The number of carbonyl (C=O) groups excluding carboxylic acids is 1. The first-order valence-corrected chi connectivity index (χ1v) is 5.92. The molecule has 0 saturated carbocycles. The quantitative estimate of drug-likeness (QED) is 0.504. The van der Waals surface area contributed by atoms with Crippen molar-refractivity contribution in [3.05, 3.63) is 59.7 Å². The van der Waals surface area contributed by atoms with Crippen LogP contribution in [0.15, 0.2) is 48.5 Å². The molecule has 0 aliphatic carbocycles. The van der Waals surface area contributed by atoms with E-state index in [0.717, 1.165) is 5.56 Å². The molecule has 0 aliphatic rings. The number of phenols is 1. The third kappa shape index (κ3) is 3.04. The summed E-state index contributed by atoms with van der Waals surface area (Å²) >= 11 is 0. The topological polar surface area (TPSA) is 72.5 Å². The Hall–Kier alpha value is -2.49. The van der Waals surface area contributed by atoms with Gasteiger partial charge in [-0.15, -0.1) is 0 Å². The summed E-state index contributed by atoms with van der Waals surface area (Å²) in [6.07, 6.45) is -0.353. The maximum absolute atomic E-state index is 11.9. The number of esters is 1. The summed E-state index contributed by atoms with van der Waals surface area (Å²) in [4.78, 5) is 11.9. The second-order valence-electron chi connectivity index (χ2n) is 4.23. The number of rotatable bonds is 3. The maximum atomic E-state index is 11.9. The maximum Gasteiger partial charge on any atom is 0.338 e. The summed E-state index contributed by atoms with van der Waals surface area (Å²) in [5, 5.41) is 9.47. The summed E-state index contributed by atoms with van der Waals surface area (Å²) < 4.78 is 5.33. The smallest absolute Gasteiger partial charge is 0.338 e. The summed E-state index contributed by atoms with van der Waals surface area (Å²) in [6, 6.07) is 13.7. The van der Waals surface area contributed by atoms with Gasteiger partial charge in [-0.05, 0) is 30.7 Å². The molecule has 0 fully saturated rings. The predicted octanol–water partition coefficient (Wildman–Crippen LogP) is 2.89. The van der Waals surface area contributed by atoms with Gasteiger partial charge in [-0.3, -0.25) is 0 Å². The SMILES string of the molecule is CC(OC(=O)c1ccc(N)c(O)c1)c1ccccc1. The number of ether oxygens (including phenoxy) is 1. The molecule has 3 N–H and O–H groups in total. The Morgan fingerprint density at radius 2 is 1.89 bits per heavy atom. The fourth-order valence-corrected chi connectivity index (χ4v) is 1.69. The number of benzene rings is 2. The minimum atomic E-state index is -0.494. The molecule has 1 atom stereocenters. The van der Waals surface area contributed by atoms with E-state index in [9.17, 15) is 9.90 Å². The molecule has 0 saturated heterocycles. The molecule has 0 radical (unpaired) electrons. The van der Waals surface area contributed by atoms with Gasteiger partial charge in [-0.2, -0.15) is 0 Å². The predicted molar refractivity (Wildman–Crippen MR) is 72.8 cm³/mol. The number of carbonyl (C=O) groups is 1. The van der Waals surface area contributed by atoms with Crippen LogP contribution in [-0.4, -0.2) is 11.1 Å². The summed E-state index contributed by atoms with van der Waals surface area (Å²) in [5.74, 6) is -0.617. The number of nitrogens with two attached hydrogens (primary N) is 1. The van der Waals surface area contributed by atoms with Crippen molar-refractivity contribution < 1.29 is 14.6 Å². The summed E-state index contributed by atoms with van der Waals surface area (Å²) in [7, 11) is 0. The molecule has 4 heteroatoms. The van der Waals surface area contributed by atoms with Gasteiger partial charge < -0.3 is 15.6 Å². The molecule has 0 bridgehead atoms. The highest BCUT2D eigenvalue weighted by molar-refractivity contribution is 5.90. The molecule has 1 unspecified atom stereocenters. The molecule has 0 heterocycles. The average molecular weight is 257 g/mol. The highest BCUT2D eigenvalue weighted by atomic mass is 16.5. The van der Waals surface area contributed by atoms with Gasteiger partial charge in [0, 0.05) is 0 Å². The third-order valence-corrected chi connectivity index (χ3v) is 2.82. The van der Waals surface area contributed by atoms with Crippen molar-refractivity contribution in [3.63, 3.8) is 0 Å². The number of hydrogen-bond donors (Lipinski definition) is 2. The van der Waals surface area contributed by atoms with Crippen LogP contribution in [0.3, 0.4) is 0 Å². The van der Waals surface area contributed by atoms with Crippen LogP contribution in [0.25, 0.3) is 0 Å². The molecule has 4 nitrogen and oxygen atoms in total. The third-order valence-electron chi connectivity index (χ3n) is 2.82. The molecule has 2 aromatic carbocycles. The molecule has 2 aromatic rings. The minimum Gasteiger partial charge on any atom is -0.506 e. The molecule has 0 aliphatic heterocycles. The van der Waals surface area contributed by atoms with Crippen LogP contribution in [0.4, 0.5) is 5.69 Å². The molecule has 0 spiro atoms. The molecule has 0 aromatic heterocycles. The van der Waals surface area contributed by atoms with E-state index in [-0.39, 0.29) is 23.1 Å². The van der Waals surface area contributed by atoms with Gasteiger partial charge in [0.2, 0.25) is 0 Å². The number of nitrogen functional groups attached to an aromatic ring is 1. The lowest BCUT2D eigenvalue weighted by Gasteiger charge is -2.13. The largest absolute Gasteiger partial charge is 0.506 e. The van der Waals surface area contributed by atoms with Crippen molar-refractivity contribution in [2.24, 2.45) is 0 Å². The van der Waals surface area contributed by atoms with E-state index < -0.39 is 5.97 Å². The van der Waals surface area contributed by atoms with E-state index in [1.807, 2.05) is 30.3 Å².